The van der Waals surface area contributed by atoms with Gasteiger partial charge in [0.15, 0.2) is 0 Å². The molecule has 0 spiro atoms. The van der Waals surface area contributed by atoms with Crippen molar-refractivity contribution < 1.29 is 23.1 Å². The van der Waals surface area contributed by atoms with Gasteiger partial charge in [-0.15, -0.1) is 0 Å². The molecule has 4 rings (SSSR count). The summed E-state index contributed by atoms with van der Waals surface area (Å²) in [6.45, 7) is 3.86. The lowest BCUT2D eigenvalue weighted by Crippen LogP contribution is -2.51. The van der Waals surface area contributed by atoms with Gasteiger partial charge in [0, 0.05) is 24.0 Å². The van der Waals surface area contributed by atoms with Crippen molar-refractivity contribution in [3.8, 4) is 5.75 Å². The van der Waals surface area contributed by atoms with Crippen molar-refractivity contribution in [3.63, 3.8) is 0 Å². The largest absolute Gasteiger partial charge is 0.497 e. The van der Waals surface area contributed by atoms with E-state index in [1.807, 2.05) is 68.4 Å². The topological polar surface area (TPSA) is 112 Å². The van der Waals surface area contributed by atoms with Gasteiger partial charge in [-0.25, -0.2) is 8.42 Å². The normalized spacial score (nSPS) is 13.5. The summed E-state index contributed by atoms with van der Waals surface area (Å²) in [6, 6.07) is 24.3. The lowest BCUT2D eigenvalue weighted by molar-refractivity contribution is 0.0772. The third-order valence-electron chi connectivity index (χ3n) is 6.51. The fraction of sp³-hybridized carbons (Fsp3) is 0.300. The molecule has 2 atom stereocenters. The van der Waals surface area contributed by atoms with Gasteiger partial charge in [0.25, 0.3) is 5.91 Å². The van der Waals surface area contributed by atoms with Crippen molar-refractivity contribution in [1.82, 2.24) is 14.6 Å². The Morgan fingerprint density at radius 2 is 1.64 bits per heavy atom. The summed E-state index contributed by atoms with van der Waals surface area (Å²) in [6.07, 6.45) is -0.850. The van der Waals surface area contributed by atoms with Crippen LogP contribution >= 0.6 is 0 Å². The van der Waals surface area contributed by atoms with Gasteiger partial charge >= 0.3 is 0 Å². The van der Waals surface area contributed by atoms with Crippen molar-refractivity contribution in [1.29, 1.82) is 0 Å². The Bertz CT molecular complexity index is 1450. The minimum absolute atomic E-state index is 0.0127. The lowest BCUT2D eigenvalue weighted by atomic mass is 10.0. The molecule has 4 aromatic rings. The monoisotopic (exact) mass is 549 g/mol. The number of hydrogen-bond donors (Lipinski definition) is 3. The number of carbonyl (C=O) groups is 1. The van der Waals surface area contributed by atoms with Crippen molar-refractivity contribution in [2.45, 2.75) is 37.3 Å². The molecule has 9 heteroatoms. The lowest BCUT2D eigenvalue weighted by Gasteiger charge is -2.30. The molecular formula is C30H35N3O5S. The molecule has 0 aliphatic rings. The number of hydrogen-bond acceptors (Lipinski definition) is 5. The van der Waals surface area contributed by atoms with Crippen LogP contribution in [0.5, 0.6) is 5.75 Å². The average Bonchev–Trinajstić information content (AvgIpc) is 3.37. The molecule has 1 heterocycles. The Hall–Kier alpha value is -3.66. The SMILES string of the molecule is COc1ccc(S(=O)(=O)N(CC(C)C)C[C@@H](O)[C@H](Cc2ccccc2)NC(=O)c2cc3ccccc3[nH]2)cc1. The number of aliphatic hydroxyl groups excluding tert-OH is 1. The Balaban J connectivity index is 1.60. The molecule has 0 saturated heterocycles. The number of nitrogens with one attached hydrogen (secondary N) is 2. The number of nitrogens with zero attached hydrogens (tertiary/aromatic N) is 1. The van der Waals surface area contributed by atoms with Crippen LogP contribution in [-0.2, 0) is 16.4 Å². The fourth-order valence-corrected chi connectivity index (χ4v) is 6.13. The number of aliphatic hydroxyl groups is 1. The molecule has 8 nitrogen and oxygen atoms in total. The Labute approximate surface area is 229 Å². The maximum absolute atomic E-state index is 13.6. The molecule has 0 aliphatic carbocycles. The molecule has 0 fully saturated rings. The standard InChI is InChI=1S/C30H35N3O5S/c1-21(2)19-33(39(36,37)25-15-13-24(38-3)14-16-25)20-29(34)27(17-22-9-5-4-6-10-22)32-30(35)28-18-23-11-7-8-12-26(23)31-28/h4-16,18,21,27,29,31,34H,17,19-20H2,1-3H3,(H,32,35)/t27-,29+/m0/s1. The number of sulfonamides is 1. The van der Waals surface area contributed by atoms with Crippen LogP contribution in [0.3, 0.4) is 0 Å². The number of aromatic nitrogens is 1. The molecule has 39 heavy (non-hydrogen) atoms. The first-order chi connectivity index (χ1) is 18.7. The van der Waals surface area contributed by atoms with E-state index in [0.29, 0.717) is 17.9 Å². The Morgan fingerprint density at radius 3 is 2.28 bits per heavy atom. The minimum Gasteiger partial charge on any atom is -0.497 e. The summed E-state index contributed by atoms with van der Waals surface area (Å²) in [7, 11) is -2.41. The van der Waals surface area contributed by atoms with Crippen LogP contribution in [0.1, 0.15) is 29.9 Å². The molecule has 206 valence electrons. The number of H-pyrrole nitrogens is 1. The van der Waals surface area contributed by atoms with E-state index >= 15 is 0 Å². The zero-order valence-electron chi connectivity index (χ0n) is 22.4. The summed E-state index contributed by atoms with van der Waals surface area (Å²) in [5.41, 5.74) is 2.11. The van der Waals surface area contributed by atoms with E-state index in [2.05, 4.69) is 10.3 Å². The first kappa shape index (κ1) is 28.4. The third-order valence-corrected chi connectivity index (χ3v) is 8.36. The van der Waals surface area contributed by atoms with Gasteiger partial charge in [-0.1, -0.05) is 62.4 Å². The molecular weight excluding hydrogens is 514 g/mol. The van der Waals surface area contributed by atoms with Crippen LogP contribution in [-0.4, -0.2) is 61.1 Å². The predicted octanol–water partition coefficient (Wildman–Crippen LogP) is 4.23. The van der Waals surface area contributed by atoms with Gasteiger partial charge in [-0.05, 0) is 54.3 Å². The van der Waals surface area contributed by atoms with Crippen LogP contribution < -0.4 is 10.1 Å². The quantitative estimate of drug-likeness (QED) is 0.245. The molecule has 1 aromatic heterocycles. The Morgan fingerprint density at radius 1 is 0.974 bits per heavy atom. The van der Waals surface area contributed by atoms with Gasteiger partial charge in [-0.2, -0.15) is 4.31 Å². The summed E-state index contributed by atoms with van der Waals surface area (Å²) in [4.78, 5) is 16.5. The number of rotatable bonds is 12. The second kappa shape index (κ2) is 12.5. The number of methoxy groups -OCH3 is 1. The van der Waals surface area contributed by atoms with Crippen LogP contribution in [0.2, 0.25) is 0 Å². The summed E-state index contributed by atoms with van der Waals surface area (Å²) >= 11 is 0. The van der Waals surface area contributed by atoms with Gasteiger partial charge < -0.3 is 20.1 Å². The summed E-state index contributed by atoms with van der Waals surface area (Å²) in [5, 5.41) is 15.3. The smallest absolute Gasteiger partial charge is 0.268 e. The summed E-state index contributed by atoms with van der Waals surface area (Å²) in [5.74, 6) is 0.186. The molecule has 0 unspecified atom stereocenters. The van der Waals surface area contributed by atoms with Gasteiger partial charge in [0.05, 0.1) is 24.2 Å². The van der Waals surface area contributed by atoms with Crippen LogP contribution in [0.15, 0.2) is 89.8 Å². The highest BCUT2D eigenvalue weighted by atomic mass is 32.2. The first-order valence-electron chi connectivity index (χ1n) is 12.9. The number of para-hydroxylation sites is 1. The van der Waals surface area contributed by atoms with Crippen LogP contribution in [0.25, 0.3) is 10.9 Å². The van der Waals surface area contributed by atoms with E-state index in [4.69, 9.17) is 4.74 Å². The maximum atomic E-state index is 13.6. The zero-order chi connectivity index (χ0) is 28.0. The summed E-state index contributed by atoms with van der Waals surface area (Å²) < 4.78 is 33.7. The molecule has 1 amide bonds. The van der Waals surface area contributed by atoms with Crippen molar-refractivity contribution in [3.05, 3.63) is 96.2 Å². The number of aromatic amines is 1. The number of fused-ring (bicyclic) bond motifs is 1. The van der Waals surface area contributed by atoms with E-state index in [1.54, 1.807) is 18.2 Å². The fourth-order valence-electron chi connectivity index (χ4n) is 4.50. The van der Waals surface area contributed by atoms with Gasteiger partial charge in [0.1, 0.15) is 11.4 Å². The first-order valence-corrected chi connectivity index (χ1v) is 14.4. The maximum Gasteiger partial charge on any atom is 0.268 e. The van der Waals surface area contributed by atoms with Crippen molar-refractivity contribution in [2.24, 2.45) is 5.92 Å². The number of carbonyl (C=O) groups excluding carboxylic acids is 1. The average molecular weight is 550 g/mol. The second-order valence-electron chi connectivity index (χ2n) is 10.00. The van der Waals surface area contributed by atoms with E-state index in [1.165, 1.54) is 23.5 Å². The highest BCUT2D eigenvalue weighted by Crippen LogP contribution is 2.22. The van der Waals surface area contributed by atoms with Crippen LogP contribution in [0.4, 0.5) is 0 Å². The number of ether oxygens (including phenoxy) is 1. The molecule has 0 bridgehead atoms. The molecule has 0 aliphatic heterocycles. The van der Waals surface area contributed by atoms with Crippen molar-refractivity contribution in [2.75, 3.05) is 20.2 Å². The molecule has 3 aromatic carbocycles. The van der Waals surface area contributed by atoms with E-state index in [0.717, 1.165) is 16.5 Å². The second-order valence-corrected chi connectivity index (χ2v) is 11.9. The van der Waals surface area contributed by atoms with Crippen LogP contribution in [0, 0.1) is 5.92 Å². The molecule has 3 N–H and O–H groups in total. The van der Waals surface area contributed by atoms with E-state index in [-0.39, 0.29) is 29.8 Å². The van der Waals surface area contributed by atoms with E-state index < -0.39 is 22.2 Å². The Kier molecular flexibility index (Phi) is 9.06. The predicted molar refractivity (Wildman–Crippen MR) is 152 cm³/mol. The number of benzene rings is 3. The number of amides is 1. The van der Waals surface area contributed by atoms with E-state index in [9.17, 15) is 18.3 Å². The van der Waals surface area contributed by atoms with Gasteiger partial charge in [-0.3, -0.25) is 4.79 Å². The van der Waals surface area contributed by atoms with Crippen molar-refractivity contribution >= 4 is 26.8 Å². The van der Waals surface area contributed by atoms with Gasteiger partial charge in [0.2, 0.25) is 10.0 Å². The molecule has 0 radical (unpaired) electrons. The highest BCUT2D eigenvalue weighted by Gasteiger charge is 2.31. The zero-order valence-corrected chi connectivity index (χ0v) is 23.2. The minimum atomic E-state index is -3.92. The highest BCUT2D eigenvalue weighted by molar-refractivity contribution is 7.89. The third kappa shape index (κ3) is 7.06. The molecule has 0 saturated carbocycles.